The molecule has 11 heavy (non-hydrogen) atoms. The van der Waals surface area contributed by atoms with Crippen LogP contribution in [0.1, 0.15) is 19.3 Å². The van der Waals surface area contributed by atoms with Gasteiger partial charge < -0.3 is 0 Å². The number of hydrogen-bond acceptors (Lipinski definition) is 0. The molecule has 2 saturated carbocycles. The highest BCUT2D eigenvalue weighted by Gasteiger charge is 2.75. The minimum absolute atomic E-state index is 0.116. The minimum Gasteiger partial charge on any atom is -0.112 e. The largest absolute Gasteiger partial charge is 0.123 e. The van der Waals surface area contributed by atoms with E-state index in [9.17, 15) is 0 Å². The Morgan fingerprint density at radius 3 is 1.91 bits per heavy atom. The summed E-state index contributed by atoms with van der Waals surface area (Å²) in [6.45, 7) is 0. The Kier molecular flexibility index (Phi) is 1.72. The molecule has 0 bridgehead atoms. The maximum Gasteiger partial charge on any atom is 0.123 e. The van der Waals surface area contributed by atoms with Crippen molar-refractivity contribution in [1.82, 2.24) is 0 Å². The lowest BCUT2D eigenvalue weighted by Gasteiger charge is -2.05. The van der Waals surface area contributed by atoms with Gasteiger partial charge in [-0.15, -0.1) is 11.6 Å². The van der Waals surface area contributed by atoms with E-state index in [1.165, 1.54) is 0 Å². The number of allylic oxidation sites excluding steroid dienone is 1. The van der Waals surface area contributed by atoms with Crippen LogP contribution in [0.2, 0.25) is 0 Å². The first-order valence-electron chi connectivity index (χ1n) is 3.42. The molecule has 0 aromatic rings. The molecule has 0 amide bonds. The summed E-state index contributed by atoms with van der Waals surface area (Å²) in [6.07, 6.45) is 3.25. The quantitative estimate of drug-likeness (QED) is 0.598. The summed E-state index contributed by atoms with van der Waals surface area (Å²) in [5.74, 6) is 0. The van der Waals surface area contributed by atoms with Crippen LogP contribution in [0.4, 0.5) is 0 Å². The van der Waals surface area contributed by atoms with Gasteiger partial charge in [0.05, 0.1) is 9.91 Å². The molecular formula is C7H6Cl4. The molecule has 0 heterocycles. The molecule has 4 heteroatoms. The van der Waals surface area contributed by atoms with Gasteiger partial charge >= 0.3 is 0 Å². The van der Waals surface area contributed by atoms with Gasteiger partial charge in [0.2, 0.25) is 0 Å². The van der Waals surface area contributed by atoms with E-state index in [1.807, 2.05) is 0 Å². The van der Waals surface area contributed by atoms with Crippen molar-refractivity contribution in [2.75, 3.05) is 0 Å². The molecule has 1 spiro atoms. The zero-order chi connectivity index (χ0) is 8.28. The molecule has 0 aliphatic heterocycles. The third-order valence-electron chi connectivity index (χ3n) is 2.66. The van der Waals surface area contributed by atoms with Crippen molar-refractivity contribution in [2.24, 2.45) is 5.41 Å². The van der Waals surface area contributed by atoms with Crippen molar-refractivity contribution >= 4 is 46.4 Å². The molecule has 62 valence electrons. The second-order valence-corrected chi connectivity index (χ2v) is 5.31. The fourth-order valence-electron chi connectivity index (χ4n) is 1.61. The van der Waals surface area contributed by atoms with Gasteiger partial charge in [-0.25, -0.2) is 0 Å². The van der Waals surface area contributed by atoms with Gasteiger partial charge in [0, 0.05) is 0 Å². The second kappa shape index (κ2) is 2.23. The van der Waals surface area contributed by atoms with E-state index < -0.39 is 4.87 Å². The van der Waals surface area contributed by atoms with Crippen LogP contribution in [-0.2, 0) is 0 Å². The molecule has 2 rings (SSSR count). The van der Waals surface area contributed by atoms with Crippen molar-refractivity contribution in [2.45, 2.75) is 24.1 Å². The Morgan fingerprint density at radius 1 is 1.09 bits per heavy atom. The molecule has 0 aromatic carbocycles. The highest BCUT2D eigenvalue weighted by molar-refractivity contribution is 6.61. The molecular weight excluding hydrogens is 226 g/mol. The maximum absolute atomic E-state index is 6.19. The van der Waals surface area contributed by atoms with Gasteiger partial charge in [-0.1, -0.05) is 34.8 Å². The van der Waals surface area contributed by atoms with E-state index >= 15 is 0 Å². The average molecular weight is 232 g/mol. The van der Waals surface area contributed by atoms with E-state index in [1.54, 1.807) is 0 Å². The number of halogens is 4. The summed E-state index contributed by atoms with van der Waals surface area (Å²) < 4.78 is 0.116. The number of rotatable bonds is 1. The summed E-state index contributed by atoms with van der Waals surface area (Å²) in [5, 5.41) is 0.431. The topological polar surface area (TPSA) is 0 Å². The van der Waals surface area contributed by atoms with Crippen molar-refractivity contribution in [3.05, 3.63) is 9.52 Å². The molecule has 0 aromatic heterocycles. The van der Waals surface area contributed by atoms with Gasteiger partial charge in [-0.2, -0.15) is 0 Å². The van der Waals surface area contributed by atoms with Gasteiger partial charge in [-0.05, 0) is 24.7 Å². The lowest BCUT2D eigenvalue weighted by Crippen LogP contribution is -2.03. The molecule has 2 aliphatic rings. The molecule has 0 N–H and O–H groups in total. The van der Waals surface area contributed by atoms with E-state index in [0.29, 0.717) is 5.03 Å². The second-order valence-electron chi connectivity index (χ2n) is 3.33. The summed E-state index contributed by atoms with van der Waals surface area (Å²) in [4.78, 5) is -0.409. The van der Waals surface area contributed by atoms with Crippen molar-refractivity contribution in [1.29, 1.82) is 0 Å². The van der Waals surface area contributed by atoms with Crippen molar-refractivity contribution < 1.29 is 0 Å². The van der Waals surface area contributed by atoms with Crippen molar-refractivity contribution in [3.8, 4) is 0 Å². The van der Waals surface area contributed by atoms with Crippen LogP contribution in [0.15, 0.2) is 9.52 Å². The third-order valence-corrected chi connectivity index (χ3v) is 4.57. The summed E-state index contributed by atoms with van der Waals surface area (Å²) >= 11 is 23.1. The first kappa shape index (κ1) is 8.50. The molecule has 0 nitrogen and oxygen atoms in total. The molecule has 0 radical (unpaired) electrons. The van der Waals surface area contributed by atoms with Gasteiger partial charge in [0.25, 0.3) is 0 Å². The summed E-state index contributed by atoms with van der Waals surface area (Å²) in [7, 11) is 0. The van der Waals surface area contributed by atoms with Gasteiger partial charge in [0.1, 0.15) is 4.49 Å². The van der Waals surface area contributed by atoms with E-state index in [-0.39, 0.29) is 9.91 Å². The highest BCUT2D eigenvalue weighted by Crippen LogP contribution is 2.79. The third kappa shape index (κ3) is 1.03. The van der Waals surface area contributed by atoms with E-state index in [4.69, 9.17) is 46.4 Å². The van der Waals surface area contributed by atoms with Crippen molar-refractivity contribution in [3.63, 3.8) is 0 Å². The Balaban J connectivity index is 2.24. The predicted molar refractivity (Wildman–Crippen MR) is 49.5 cm³/mol. The Labute approximate surface area is 85.4 Å². The fraction of sp³-hybridized carbons (Fsp3) is 0.714. The normalized spacial score (nSPS) is 37.1. The van der Waals surface area contributed by atoms with Crippen LogP contribution in [0, 0.1) is 5.41 Å². The van der Waals surface area contributed by atoms with Gasteiger partial charge in [-0.3, -0.25) is 0 Å². The highest BCUT2D eigenvalue weighted by atomic mass is 35.5. The van der Waals surface area contributed by atoms with E-state index in [0.717, 1.165) is 19.3 Å². The Morgan fingerprint density at radius 2 is 1.64 bits per heavy atom. The molecule has 2 aliphatic carbocycles. The first-order chi connectivity index (χ1) is 5.02. The zero-order valence-corrected chi connectivity index (χ0v) is 8.66. The smallest absolute Gasteiger partial charge is 0.112 e. The fourth-order valence-corrected chi connectivity index (χ4v) is 2.83. The summed E-state index contributed by atoms with van der Waals surface area (Å²) in [5.41, 5.74) is 0.265. The van der Waals surface area contributed by atoms with Crippen LogP contribution in [0.25, 0.3) is 0 Å². The van der Waals surface area contributed by atoms with Crippen LogP contribution in [0.5, 0.6) is 0 Å². The monoisotopic (exact) mass is 230 g/mol. The zero-order valence-electron chi connectivity index (χ0n) is 5.63. The lowest BCUT2D eigenvalue weighted by molar-refractivity contribution is 0.838. The average Bonchev–Trinajstić information content (AvgIpc) is 2.76. The molecule has 1 unspecified atom stereocenters. The summed E-state index contributed by atoms with van der Waals surface area (Å²) in [6, 6.07) is 0. The maximum atomic E-state index is 6.19. The van der Waals surface area contributed by atoms with Crippen LogP contribution in [0.3, 0.4) is 0 Å². The number of alkyl halides is 1. The standard InChI is InChI=1S/C7H6Cl4/c8-4(5(9)10)7(11)3-6(7)1-2-6/h1-3H2. The van der Waals surface area contributed by atoms with Gasteiger partial charge in [0.15, 0.2) is 0 Å². The Hall–Kier alpha value is 0.900. The van der Waals surface area contributed by atoms with E-state index in [2.05, 4.69) is 0 Å². The van der Waals surface area contributed by atoms with Crippen LogP contribution in [-0.4, -0.2) is 4.87 Å². The first-order valence-corrected chi connectivity index (χ1v) is 4.93. The molecule has 0 saturated heterocycles. The Bertz CT molecular complexity index is 237. The lowest BCUT2D eigenvalue weighted by atomic mass is 10.3. The van der Waals surface area contributed by atoms with Crippen LogP contribution < -0.4 is 0 Å². The minimum atomic E-state index is -0.409. The SMILES string of the molecule is ClC(Cl)=C(Cl)C1(Cl)CC12CC2. The molecule has 2 fully saturated rings. The predicted octanol–water partition coefficient (Wildman–Crippen LogP) is 4.03. The van der Waals surface area contributed by atoms with Crippen LogP contribution >= 0.6 is 46.4 Å². The number of hydrogen-bond donors (Lipinski definition) is 0. The molecule has 1 atom stereocenters.